The first-order valence-corrected chi connectivity index (χ1v) is 4.64. The van der Waals surface area contributed by atoms with E-state index in [1.807, 2.05) is 0 Å². The second kappa shape index (κ2) is 6.43. The van der Waals surface area contributed by atoms with E-state index in [4.69, 9.17) is 5.14 Å². The Morgan fingerprint density at radius 2 is 2.11 bits per heavy atom. The van der Waals surface area contributed by atoms with Crippen LogP contribution in [0.1, 0.15) is 39.5 Å². The molecule has 0 saturated carbocycles. The largest absolute Gasteiger partial charge is 0.278 e. The molecule has 56 valence electrons. The van der Waals surface area contributed by atoms with E-state index in [9.17, 15) is 0 Å². The lowest BCUT2D eigenvalue weighted by molar-refractivity contribution is 0.670. The molecular weight excluding hydrogens is 130 g/mol. The smallest absolute Gasteiger partial charge is 0.0188 e. The molecule has 0 aromatic rings. The fraction of sp³-hybridized carbons (Fsp3) is 1.00. The van der Waals surface area contributed by atoms with Gasteiger partial charge >= 0.3 is 0 Å². The Kier molecular flexibility index (Phi) is 6.65. The minimum Gasteiger partial charge on any atom is -0.278 e. The number of unbranched alkanes of at least 4 members (excludes halogenated alkanes) is 1. The molecule has 0 bridgehead atoms. The number of rotatable bonds is 5. The van der Waals surface area contributed by atoms with Crippen molar-refractivity contribution in [2.24, 2.45) is 5.14 Å². The number of hydrogen-bond donors (Lipinski definition) is 1. The highest BCUT2D eigenvalue weighted by Gasteiger charge is 2.01. The van der Waals surface area contributed by atoms with E-state index in [1.54, 1.807) is 0 Å². The molecule has 0 aromatic heterocycles. The number of nitrogens with two attached hydrogens (primary N) is 1. The molecule has 9 heavy (non-hydrogen) atoms. The molecule has 0 saturated heterocycles. The van der Waals surface area contributed by atoms with Gasteiger partial charge in [0, 0.05) is 5.25 Å². The summed E-state index contributed by atoms with van der Waals surface area (Å²) in [6, 6.07) is 0. The standard InChI is InChI=1S/C7H17NS/c1-3-5-6-7(4-2)9-8/h7H,3-6,8H2,1-2H3. The minimum atomic E-state index is 0.699. The van der Waals surface area contributed by atoms with Crippen LogP contribution in [-0.4, -0.2) is 5.25 Å². The monoisotopic (exact) mass is 147 g/mol. The topological polar surface area (TPSA) is 26.0 Å². The summed E-state index contributed by atoms with van der Waals surface area (Å²) in [5, 5.41) is 6.14. The molecule has 0 aromatic carbocycles. The molecule has 0 aliphatic rings. The van der Waals surface area contributed by atoms with Crippen molar-refractivity contribution in [2.45, 2.75) is 44.8 Å². The molecule has 0 fully saturated rings. The average Bonchev–Trinajstić information content (AvgIpc) is 1.91. The van der Waals surface area contributed by atoms with Gasteiger partial charge in [0.05, 0.1) is 0 Å². The molecule has 2 heteroatoms. The van der Waals surface area contributed by atoms with Crippen LogP contribution in [0.5, 0.6) is 0 Å². The third-order valence-electron chi connectivity index (χ3n) is 1.53. The summed E-state index contributed by atoms with van der Waals surface area (Å²) in [6.07, 6.45) is 5.11. The highest BCUT2D eigenvalue weighted by Crippen LogP contribution is 2.14. The summed E-state index contributed by atoms with van der Waals surface area (Å²) in [7, 11) is 0. The van der Waals surface area contributed by atoms with Crippen LogP contribution in [0, 0.1) is 0 Å². The van der Waals surface area contributed by atoms with Crippen molar-refractivity contribution in [1.29, 1.82) is 0 Å². The first-order valence-electron chi connectivity index (χ1n) is 3.70. The maximum Gasteiger partial charge on any atom is 0.0188 e. The van der Waals surface area contributed by atoms with Gasteiger partial charge in [-0.3, -0.25) is 5.14 Å². The maximum atomic E-state index is 5.44. The predicted molar refractivity (Wildman–Crippen MR) is 45.4 cm³/mol. The van der Waals surface area contributed by atoms with Gasteiger partial charge in [-0.1, -0.05) is 38.6 Å². The van der Waals surface area contributed by atoms with E-state index in [1.165, 1.54) is 37.6 Å². The van der Waals surface area contributed by atoms with Gasteiger partial charge in [0.2, 0.25) is 0 Å². The van der Waals surface area contributed by atoms with Crippen LogP contribution in [0.2, 0.25) is 0 Å². The lowest BCUT2D eigenvalue weighted by Crippen LogP contribution is -2.03. The Morgan fingerprint density at radius 1 is 1.44 bits per heavy atom. The molecule has 0 aliphatic heterocycles. The van der Waals surface area contributed by atoms with Gasteiger partial charge in [0.25, 0.3) is 0 Å². The summed E-state index contributed by atoms with van der Waals surface area (Å²) in [6.45, 7) is 4.41. The van der Waals surface area contributed by atoms with Gasteiger partial charge < -0.3 is 0 Å². The second-order valence-electron chi connectivity index (χ2n) is 2.31. The molecule has 1 unspecified atom stereocenters. The van der Waals surface area contributed by atoms with Gasteiger partial charge in [0.15, 0.2) is 0 Å². The van der Waals surface area contributed by atoms with E-state index in [0.717, 1.165) is 0 Å². The Hall–Kier alpha value is 0.310. The Morgan fingerprint density at radius 3 is 2.44 bits per heavy atom. The Balaban J connectivity index is 3.09. The SMILES string of the molecule is CCCCC(CC)SN. The van der Waals surface area contributed by atoms with Crippen LogP contribution in [0.15, 0.2) is 0 Å². The Bertz CT molecular complexity index is 52.9. The average molecular weight is 147 g/mol. The van der Waals surface area contributed by atoms with Crippen molar-refractivity contribution in [3.05, 3.63) is 0 Å². The third kappa shape index (κ3) is 4.79. The first-order chi connectivity index (χ1) is 4.35. The van der Waals surface area contributed by atoms with Gasteiger partial charge in [-0.05, 0) is 12.8 Å². The molecule has 0 radical (unpaired) electrons. The van der Waals surface area contributed by atoms with Gasteiger partial charge in [-0.25, -0.2) is 0 Å². The molecule has 0 rings (SSSR count). The van der Waals surface area contributed by atoms with Crippen LogP contribution in [-0.2, 0) is 0 Å². The zero-order chi connectivity index (χ0) is 7.11. The van der Waals surface area contributed by atoms with Crippen LogP contribution >= 0.6 is 11.9 Å². The molecule has 1 atom stereocenters. The molecule has 0 heterocycles. The van der Waals surface area contributed by atoms with Crippen LogP contribution < -0.4 is 5.14 Å². The maximum absolute atomic E-state index is 5.44. The normalized spacial score (nSPS) is 13.7. The summed E-state index contributed by atoms with van der Waals surface area (Å²) in [5.41, 5.74) is 0. The Labute approximate surface area is 62.5 Å². The number of hydrogen-bond acceptors (Lipinski definition) is 2. The van der Waals surface area contributed by atoms with Crippen molar-refractivity contribution < 1.29 is 0 Å². The second-order valence-corrected chi connectivity index (χ2v) is 3.25. The predicted octanol–water partition coefficient (Wildman–Crippen LogP) is 2.56. The molecule has 2 N–H and O–H groups in total. The highest BCUT2D eigenvalue weighted by atomic mass is 32.2. The quantitative estimate of drug-likeness (QED) is 0.605. The molecule has 0 aliphatic carbocycles. The summed E-state index contributed by atoms with van der Waals surface area (Å²) in [4.78, 5) is 0. The fourth-order valence-electron chi connectivity index (χ4n) is 0.800. The molecule has 0 amide bonds. The zero-order valence-electron chi connectivity index (χ0n) is 6.39. The van der Waals surface area contributed by atoms with Crippen LogP contribution in [0.25, 0.3) is 0 Å². The first kappa shape index (κ1) is 9.31. The van der Waals surface area contributed by atoms with Crippen molar-refractivity contribution in [1.82, 2.24) is 0 Å². The van der Waals surface area contributed by atoms with E-state index in [2.05, 4.69) is 13.8 Å². The van der Waals surface area contributed by atoms with Gasteiger partial charge in [-0.15, -0.1) is 0 Å². The zero-order valence-corrected chi connectivity index (χ0v) is 7.21. The van der Waals surface area contributed by atoms with Crippen LogP contribution in [0.3, 0.4) is 0 Å². The van der Waals surface area contributed by atoms with Crippen molar-refractivity contribution in [3.63, 3.8) is 0 Å². The van der Waals surface area contributed by atoms with Crippen LogP contribution in [0.4, 0.5) is 0 Å². The lowest BCUT2D eigenvalue weighted by Gasteiger charge is -2.08. The summed E-state index contributed by atoms with van der Waals surface area (Å²) >= 11 is 1.51. The summed E-state index contributed by atoms with van der Waals surface area (Å²) < 4.78 is 0. The molecule has 0 spiro atoms. The van der Waals surface area contributed by atoms with Crippen molar-refractivity contribution >= 4 is 11.9 Å². The minimum absolute atomic E-state index is 0.699. The van der Waals surface area contributed by atoms with Gasteiger partial charge in [0.1, 0.15) is 0 Å². The fourth-order valence-corrected chi connectivity index (χ4v) is 1.30. The summed E-state index contributed by atoms with van der Waals surface area (Å²) in [5.74, 6) is 0. The van der Waals surface area contributed by atoms with E-state index < -0.39 is 0 Å². The highest BCUT2D eigenvalue weighted by molar-refractivity contribution is 7.97. The van der Waals surface area contributed by atoms with Crippen molar-refractivity contribution in [2.75, 3.05) is 0 Å². The lowest BCUT2D eigenvalue weighted by atomic mass is 10.2. The molecular formula is C7H17NS. The van der Waals surface area contributed by atoms with E-state index >= 15 is 0 Å². The van der Waals surface area contributed by atoms with Gasteiger partial charge in [-0.2, -0.15) is 0 Å². The van der Waals surface area contributed by atoms with E-state index in [-0.39, 0.29) is 0 Å². The third-order valence-corrected chi connectivity index (χ3v) is 2.48. The van der Waals surface area contributed by atoms with Crippen molar-refractivity contribution in [3.8, 4) is 0 Å². The molecule has 1 nitrogen and oxygen atoms in total. The van der Waals surface area contributed by atoms with E-state index in [0.29, 0.717) is 5.25 Å².